The van der Waals surface area contributed by atoms with E-state index in [1.807, 2.05) is 0 Å². The highest BCUT2D eigenvalue weighted by atomic mass is 16.3. The maximum absolute atomic E-state index is 11.5. The number of rotatable bonds is 2. The number of amides is 1. The van der Waals surface area contributed by atoms with Crippen LogP contribution in [0.2, 0.25) is 0 Å². The monoisotopic (exact) mass is 241 g/mol. The van der Waals surface area contributed by atoms with Gasteiger partial charge >= 0.3 is 5.91 Å². The van der Waals surface area contributed by atoms with Crippen molar-refractivity contribution in [3.8, 4) is 0 Å². The number of carbonyl (C=O) groups excluding carboxylic acids is 1. The second kappa shape index (κ2) is 6.18. The number of hydrogen-bond donors (Lipinski definition) is 2. The van der Waals surface area contributed by atoms with Crippen LogP contribution in [0.5, 0.6) is 0 Å². The van der Waals surface area contributed by atoms with Gasteiger partial charge in [0.15, 0.2) is 0 Å². The van der Waals surface area contributed by atoms with Crippen LogP contribution in [-0.4, -0.2) is 67.4 Å². The fourth-order valence-corrected chi connectivity index (χ4v) is 2.38. The van der Waals surface area contributed by atoms with Gasteiger partial charge in [-0.1, -0.05) is 0 Å². The van der Waals surface area contributed by atoms with Crippen LogP contribution >= 0.6 is 0 Å². The van der Waals surface area contributed by atoms with Crippen molar-refractivity contribution in [1.29, 1.82) is 0 Å². The maximum Gasteiger partial charge on any atom is 0.433 e. The molecule has 17 heavy (non-hydrogen) atoms. The topological polar surface area (TPSA) is 64.5 Å². The zero-order chi connectivity index (χ0) is 12.1. The van der Waals surface area contributed by atoms with Crippen LogP contribution < -0.4 is 10.6 Å². The van der Waals surface area contributed by atoms with E-state index in [-0.39, 0.29) is 11.9 Å². The molecule has 6 nitrogen and oxygen atoms in total. The van der Waals surface area contributed by atoms with Crippen LogP contribution in [0.4, 0.5) is 0 Å². The summed E-state index contributed by atoms with van der Waals surface area (Å²) in [4.78, 5) is 24.9. The standard InChI is InChI=1S/C11H21N4O2/c16-11-2-1-10(15(11)17)9-14-7-5-12-3-4-13-6-8-14/h10,12-13H,1-9H2/q+1. The van der Waals surface area contributed by atoms with Crippen LogP contribution in [0.3, 0.4) is 0 Å². The Labute approximate surface area is 101 Å². The van der Waals surface area contributed by atoms with Crippen LogP contribution in [0, 0.1) is 4.91 Å². The van der Waals surface area contributed by atoms with Crippen molar-refractivity contribution in [1.82, 2.24) is 15.5 Å². The molecule has 0 aromatic carbocycles. The van der Waals surface area contributed by atoms with Crippen molar-refractivity contribution in [2.75, 3.05) is 45.8 Å². The van der Waals surface area contributed by atoms with Crippen molar-refractivity contribution in [3.05, 3.63) is 4.91 Å². The molecular weight excluding hydrogens is 220 g/mol. The summed E-state index contributed by atoms with van der Waals surface area (Å²) in [5, 5.41) is 6.68. The van der Waals surface area contributed by atoms with E-state index in [9.17, 15) is 9.70 Å². The van der Waals surface area contributed by atoms with Gasteiger partial charge in [0.05, 0.1) is 17.7 Å². The van der Waals surface area contributed by atoms with Crippen LogP contribution in [0.15, 0.2) is 0 Å². The highest BCUT2D eigenvalue weighted by Crippen LogP contribution is 2.14. The molecule has 0 aromatic rings. The van der Waals surface area contributed by atoms with Gasteiger partial charge in [-0.25, -0.2) is 4.79 Å². The van der Waals surface area contributed by atoms with Crippen LogP contribution in [0.1, 0.15) is 12.8 Å². The first-order valence-electron chi connectivity index (χ1n) is 6.40. The first-order chi connectivity index (χ1) is 8.27. The molecule has 2 aliphatic heterocycles. The molecule has 2 N–H and O–H groups in total. The Kier molecular flexibility index (Phi) is 4.58. The van der Waals surface area contributed by atoms with Crippen molar-refractivity contribution < 1.29 is 9.55 Å². The number of nitroso groups, excluding NO2 is 1. The minimum Gasteiger partial charge on any atom is -0.314 e. The Hall–Kier alpha value is -0.850. The smallest absolute Gasteiger partial charge is 0.314 e. The lowest BCUT2D eigenvalue weighted by molar-refractivity contribution is -0.493. The summed E-state index contributed by atoms with van der Waals surface area (Å²) in [6.45, 7) is 6.47. The summed E-state index contributed by atoms with van der Waals surface area (Å²) in [6, 6.07) is -0.136. The fourth-order valence-electron chi connectivity index (χ4n) is 2.38. The number of carbonyl (C=O) groups is 1. The van der Waals surface area contributed by atoms with Gasteiger partial charge < -0.3 is 10.6 Å². The molecule has 1 unspecified atom stereocenters. The van der Waals surface area contributed by atoms with E-state index < -0.39 is 0 Å². The molecule has 2 fully saturated rings. The van der Waals surface area contributed by atoms with Gasteiger partial charge in [0.1, 0.15) is 0 Å². The Bertz CT molecular complexity index is 285. The second-order valence-corrected chi connectivity index (χ2v) is 4.71. The molecule has 0 aliphatic carbocycles. The largest absolute Gasteiger partial charge is 0.433 e. The molecule has 1 amide bonds. The summed E-state index contributed by atoms with van der Waals surface area (Å²) in [5.74, 6) is -0.254. The summed E-state index contributed by atoms with van der Waals surface area (Å²) < 4.78 is 0.674. The number of nitrogens with one attached hydrogen (secondary N) is 2. The third kappa shape index (κ3) is 3.55. The first-order valence-corrected chi connectivity index (χ1v) is 6.40. The summed E-state index contributed by atoms with van der Waals surface area (Å²) in [7, 11) is 0. The summed E-state index contributed by atoms with van der Waals surface area (Å²) in [6.07, 6.45) is 1.12. The van der Waals surface area contributed by atoms with Gasteiger partial charge in [-0.15, -0.1) is 0 Å². The molecule has 0 saturated carbocycles. The first kappa shape index (κ1) is 12.6. The summed E-state index contributed by atoms with van der Waals surface area (Å²) in [5.41, 5.74) is 0. The van der Waals surface area contributed by atoms with Crippen molar-refractivity contribution in [3.63, 3.8) is 0 Å². The fraction of sp³-hybridized carbons (Fsp3) is 0.909. The molecule has 6 heteroatoms. The predicted molar refractivity (Wildman–Crippen MR) is 63.8 cm³/mol. The van der Waals surface area contributed by atoms with E-state index in [0.29, 0.717) is 24.1 Å². The second-order valence-electron chi connectivity index (χ2n) is 4.71. The van der Waals surface area contributed by atoms with E-state index in [4.69, 9.17) is 0 Å². The lowest BCUT2D eigenvalue weighted by atomic mass is 10.2. The van der Waals surface area contributed by atoms with Gasteiger partial charge in [0.25, 0.3) is 0 Å². The van der Waals surface area contributed by atoms with Gasteiger partial charge in [-0.2, -0.15) is 0 Å². The SMILES string of the molecule is O=C1CCC(CN2CCNCCNCC2)[N+]1=O. The Morgan fingerprint density at radius 2 is 1.82 bits per heavy atom. The molecule has 96 valence electrons. The Balaban J connectivity index is 1.83. The molecule has 0 aromatic heterocycles. The third-order valence-electron chi connectivity index (χ3n) is 3.43. The molecule has 0 spiro atoms. The Morgan fingerprint density at radius 3 is 2.35 bits per heavy atom. The third-order valence-corrected chi connectivity index (χ3v) is 3.43. The minimum absolute atomic E-state index is 0.136. The van der Waals surface area contributed by atoms with E-state index in [1.165, 1.54) is 0 Å². The van der Waals surface area contributed by atoms with Crippen molar-refractivity contribution in [2.24, 2.45) is 0 Å². The van der Waals surface area contributed by atoms with Gasteiger partial charge in [0.2, 0.25) is 6.04 Å². The molecule has 2 heterocycles. The molecule has 0 bridgehead atoms. The molecule has 1 atom stereocenters. The van der Waals surface area contributed by atoms with Gasteiger partial charge in [0, 0.05) is 50.6 Å². The van der Waals surface area contributed by atoms with E-state index in [1.54, 1.807) is 0 Å². The van der Waals surface area contributed by atoms with Crippen molar-refractivity contribution >= 4 is 5.91 Å². The van der Waals surface area contributed by atoms with Gasteiger partial charge in [-0.05, 0) is 0 Å². The van der Waals surface area contributed by atoms with E-state index >= 15 is 0 Å². The van der Waals surface area contributed by atoms with Crippen LogP contribution in [-0.2, 0) is 4.79 Å². The van der Waals surface area contributed by atoms with E-state index in [2.05, 4.69) is 15.5 Å². The quantitative estimate of drug-likeness (QED) is 0.604. The van der Waals surface area contributed by atoms with Crippen molar-refractivity contribution in [2.45, 2.75) is 18.9 Å². The molecule has 2 saturated heterocycles. The zero-order valence-electron chi connectivity index (χ0n) is 10.2. The molecule has 0 radical (unpaired) electrons. The lowest BCUT2D eigenvalue weighted by Crippen LogP contribution is -2.41. The highest BCUT2D eigenvalue weighted by molar-refractivity contribution is 5.68. The lowest BCUT2D eigenvalue weighted by Gasteiger charge is -2.21. The zero-order valence-corrected chi connectivity index (χ0v) is 10.2. The normalized spacial score (nSPS) is 28.8. The Morgan fingerprint density at radius 1 is 1.18 bits per heavy atom. The summed E-state index contributed by atoms with van der Waals surface area (Å²) >= 11 is 0. The predicted octanol–water partition coefficient (Wildman–Crippen LogP) is -1.05. The maximum atomic E-state index is 11.5. The van der Waals surface area contributed by atoms with Gasteiger partial charge in [-0.3, -0.25) is 4.90 Å². The van der Waals surface area contributed by atoms with Crippen LogP contribution in [0.25, 0.3) is 0 Å². The molecule has 2 rings (SSSR count). The average Bonchev–Trinajstić information content (AvgIpc) is 2.70. The minimum atomic E-state index is -0.254. The molecule has 2 aliphatic rings. The number of nitrogens with zero attached hydrogens (tertiary/aromatic N) is 2. The highest BCUT2D eigenvalue weighted by Gasteiger charge is 2.41. The average molecular weight is 241 g/mol. The molecular formula is C11H21N4O2+. The van der Waals surface area contributed by atoms with E-state index in [0.717, 1.165) is 39.3 Å². The number of hydrogen-bond acceptors (Lipinski definition) is 5.